The SMILES string of the molecule is CN1CCN(CCNc2nc(NCCc3cccc(Cl)c3)nc3ccccc23)CC1. The molecule has 0 bridgehead atoms. The van der Waals surface area contributed by atoms with Crippen molar-refractivity contribution in [3.63, 3.8) is 0 Å². The minimum atomic E-state index is 0.651. The van der Waals surface area contributed by atoms with Crippen molar-refractivity contribution in [2.45, 2.75) is 6.42 Å². The average Bonchev–Trinajstić information content (AvgIpc) is 2.75. The smallest absolute Gasteiger partial charge is 0.225 e. The molecule has 1 fully saturated rings. The second-order valence-electron chi connectivity index (χ2n) is 7.79. The van der Waals surface area contributed by atoms with Gasteiger partial charge >= 0.3 is 0 Å². The number of hydrogen-bond acceptors (Lipinski definition) is 6. The van der Waals surface area contributed by atoms with E-state index in [2.05, 4.69) is 44.6 Å². The quantitative estimate of drug-likeness (QED) is 0.576. The first-order chi connectivity index (χ1) is 14.7. The van der Waals surface area contributed by atoms with Gasteiger partial charge in [-0.15, -0.1) is 0 Å². The van der Waals surface area contributed by atoms with Gasteiger partial charge in [0.25, 0.3) is 0 Å². The van der Waals surface area contributed by atoms with Crippen molar-refractivity contribution in [2.75, 3.05) is 63.5 Å². The summed E-state index contributed by atoms with van der Waals surface area (Å²) in [7, 11) is 2.18. The minimum Gasteiger partial charge on any atom is -0.368 e. The molecule has 2 N–H and O–H groups in total. The van der Waals surface area contributed by atoms with E-state index in [1.165, 1.54) is 5.56 Å². The number of benzene rings is 2. The summed E-state index contributed by atoms with van der Waals surface area (Å²) in [5, 5.41) is 8.72. The minimum absolute atomic E-state index is 0.651. The molecule has 1 aliphatic heterocycles. The van der Waals surface area contributed by atoms with Crippen LogP contribution in [0.25, 0.3) is 10.9 Å². The van der Waals surface area contributed by atoms with Crippen LogP contribution in [0.2, 0.25) is 5.02 Å². The molecule has 1 aliphatic rings. The Morgan fingerprint density at radius 1 is 0.933 bits per heavy atom. The first kappa shape index (κ1) is 20.8. The third-order valence-electron chi connectivity index (χ3n) is 5.51. The summed E-state index contributed by atoms with van der Waals surface area (Å²) in [6, 6.07) is 16.1. The van der Waals surface area contributed by atoms with Crippen LogP contribution in [-0.4, -0.2) is 72.6 Å². The molecule has 6 nitrogen and oxygen atoms in total. The number of fused-ring (bicyclic) bond motifs is 1. The highest BCUT2D eigenvalue weighted by molar-refractivity contribution is 6.30. The van der Waals surface area contributed by atoms with Crippen LogP contribution in [0.5, 0.6) is 0 Å². The van der Waals surface area contributed by atoms with Gasteiger partial charge in [-0.2, -0.15) is 4.98 Å². The molecule has 0 spiro atoms. The van der Waals surface area contributed by atoms with Crippen molar-refractivity contribution in [1.82, 2.24) is 19.8 Å². The summed E-state index contributed by atoms with van der Waals surface area (Å²) >= 11 is 6.08. The van der Waals surface area contributed by atoms with Crippen molar-refractivity contribution >= 4 is 34.3 Å². The average molecular weight is 425 g/mol. The van der Waals surface area contributed by atoms with Gasteiger partial charge in [-0.1, -0.05) is 35.9 Å². The van der Waals surface area contributed by atoms with E-state index < -0.39 is 0 Å². The monoisotopic (exact) mass is 424 g/mol. The number of anilines is 2. The molecule has 0 atom stereocenters. The molecule has 2 heterocycles. The van der Waals surface area contributed by atoms with Gasteiger partial charge in [0.1, 0.15) is 5.82 Å². The lowest BCUT2D eigenvalue weighted by Gasteiger charge is -2.32. The lowest BCUT2D eigenvalue weighted by molar-refractivity contribution is 0.158. The highest BCUT2D eigenvalue weighted by atomic mass is 35.5. The molecule has 7 heteroatoms. The molecule has 0 unspecified atom stereocenters. The number of hydrogen-bond donors (Lipinski definition) is 2. The summed E-state index contributed by atoms with van der Waals surface area (Å²) in [4.78, 5) is 14.3. The zero-order chi connectivity index (χ0) is 20.8. The largest absolute Gasteiger partial charge is 0.368 e. The maximum atomic E-state index is 6.08. The molecule has 30 heavy (non-hydrogen) atoms. The first-order valence-electron chi connectivity index (χ1n) is 10.6. The van der Waals surface area contributed by atoms with E-state index in [-0.39, 0.29) is 0 Å². The van der Waals surface area contributed by atoms with Crippen molar-refractivity contribution in [2.24, 2.45) is 0 Å². The van der Waals surface area contributed by atoms with Gasteiger partial charge < -0.3 is 15.5 Å². The summed E-state index contributed by atoms with van der Waals surface area (Å²) in [6.45, 7) is 7.15. The Labute approximate surface area is 183 Å². The van der Waals surface area contributed by atoms with E-state index in [4.69, 9.17) is 16.6 Å². The summed E-state index contributed by atoms with van der Waals surface area (Å²) < 4.78 is 0. The number of nitrogens with one attached hydrogen (secondary N) is 2. The molecule has 0 radical (unpaired) electrons. The van der Waals surface area contributed by atoms with E-state index in [1.54, 1.807) is 0 Å². The number of piperazine rings is 1. The van der Waals surface area contributed by atoms with E-state index in [0.29, 0.717) is 5.95 Å². The van der Waals surface area contributed by atoms with E-state index in [9.17, 15) is 0 Å². The lowest BCUT2D eigenvalue weighted by atomic mass is 10.1. The van der Waals surface area contributed by atoms with Crippen LogP contribution >= 0.6 is 11.6 Å². The van der Waals surface area contributed by atoms with Gasteiger partial charge in [0.2, 0.25) is 5.95 Å². The molecule has 1 aromatic heterocycles. The number of likely N-dealkylation sites (N-methyl/N-ethyl adjacent to an activating group) is 1. The molecule has 158 valence electrons. The molecule has 2 aromatic carbocycles. The third kappa shape index (κ3) is 5.59. The van der Waals surface area contributed by atoms with E-state index in [0.717, 1.165) is 74.0 Å². The molecule has 3 aromatic rings. The molecule has 4 rings (SSSR count). The Hall–Kier alpha value is -2.41. The van der Waals surface area contributed by atoms with Gasteiger partial charge in [0.15, 0.2) is 0 Å². The molecular weight excluding hydrogens is 396 g/mol. The molecule has 0 saturated carbocycles. The Morgan fingerprint density at radius 2 is 1.77 bits per heavy atom. The fourth-order valence-electron chi connectivity index (χ4n) is 3.71. The second-order valence-corrected chi connectivity index (χ2v) is 8.23. The Balaban J connectivity index is 1.39. The predicted molar refractivity (Wildman–Crippen MR) is 126 cm³/mol. The van der Waals surface area contributed by atoms with Crippen LogP contribution in [0.4, 0.5) is 11.8 Å². The maximum Gasteiger partial charge on any atom is 0.225 e. The van der Waals surface area contributed by atoms with Crippen molar-refractivity contribution < 1.29 is 0 Å². The van der Waals surface area contributed by atoms with Gasteiger partial charge in [-0.25, -0.2) is 4.98 Å². The van der Waals surface area contributed by atoms with Crippen molar-refractivity contribution in [3.8, 4) is 0 Å². The standard InChI is InChI=1S/C23H29ClN6/c1-29-13-15-30(16-14-29)12-11-25-22-20-7-2-3-8-21(20)27-23(28-22)26-10-9-18-5-4-6-19(24)17-18/h2-8,17H,9-16H2,1H3,(H2,25,26,27,28). The molecule has 0 amide bonds. The van der Waals surface area contributed by atoms with Crippen LogP contribution in [0.15, 0.2) is 48.5 Å². The summed E-state index contributed by atoms with van der Waals surface area (Å²) in [5.41, 5.74) is 2.14. The van der Waals surface area contributed by atoms with Gasteiger partial charge in [-0.05, 0) is 43.3 Å². The number of rotatable bonds is 8. The van der Waals surface area contributed by atoms with Crippen molar-refractivity contribution in [1.29, 1.82) is 0 Å². The summed E-state index contributed by atoms with van der Waals surface area (Å²) in [5.74, 6) is 1.54. The highest BCUT2D eigenvalue weighted by Gasteiger charge is 2.13. The Kier molecular flexibility index (Phi) is 7.00. The Morgan fingerprint density at radius 3 is 2.60 bits per heavy atom. The molecule has 1 saturated heterocycles. The van der Waals surface area contributed by atoms with Crippen LogP contribution < -0.4 is 10.6 Å². The van der Waals surface area contributed by atoms with E-state index in [1.807, 2.05) is 36.4 Å². The van der Waals surface area contributed by atoms with Gasteiger partial charge in [0.05, 0.1) is 5.52 Å². The molecule has 0 aliphatic carbocycles. The normalized spacial score (nSPS) is 15.4. The number of aromatic nitrogens is 2. The van der Waals surface area contributed by atoms with E-state index >= 15 is 0 Å². The maximum absolute atomic E-state index is 6.08. The first-order valence-corrected chi connectivity index (χ1v) is 10.9. The van der Waals surface area contributed by atoms with Crippen LogP contribution in [-0.2, 0) is 6.42 Å². The Bertz CT molecular complexity index is 971. The van der Waals surface area contributed by atoms with Crippen LogP contribution in [0.3, 0.4) is 0 Å². The zero-order valence-corrected chi connectivity index (χ0v) is 18.2. The number of halogens is 1. The number of para-hydroxylation sites is 1. The fraction of sp³-hybridized carbons (Fsp3) is 0.391. The van der Waals surface area contributed by atoms with Crippen molar-refractivity contribution in [3.05, 3.63) is 59.1 Å². The zero-order valence-electron chi connectivity index (χ0n) is 17.4. The predicted octanol–water partition coefficient (Wildman–Crippen LogP) is 3.60. The highest BCUT2D eigenvalue weighted by Crippen LogP contribution is 2.22. The lowest BCUT2D eigenvalue weighted by Crippen LogP contribution is -2.45. The number of nitrogens with zero attached hydrogens (tertiary/aromatic N) is 4. The van der Waals surface area contributed by atoms with Crippen LogP contribution in [0, 0.1) is 0 Å². The third-order valence-corrected chi connectivity index (χ3v) is 5.74. The van der Waals surface area contributed by atoms with Gasteiger partial charge in [0, 0.05) is 56.2 Å². The topological polar surface area (TPSA) is 56.3 Å². The second kappa shape index (κ2) is 10.1. The molecular formula is C23H29ClN6. The summed E-state index contributed by atoms with van der Waals surface area (Å²) in [6.07, 6.45) is 0.864. The van der Waals surface area contributed by atoms with Gasteiger partial charge in [-0.3, -0.25) is 4.90 Å². The van der Waals surface area contributed by atoms with Crippen LogP contribution in [0.1, 0.15) is 5.56 Å². The fourth-order valence-corrected chi connectivity index (χ4v) is 3.92.